The summed E-state index contributed by atoms with van der Waals surface area (Å²) in [6, 6.07) is 3.56. The van der Waals surface area contributed by atoms with Crippen molar-refractivity contribution in [3.8, 4) is 0 Å². The molecule has 1 atom stereocenters. The maximum Gasteiger partial charge on any atom is 0.229 e. The van der Waals surface area contributed by atoms with Crippen LogP contribution in [0.15, 0.2) is 22.9 Å². The predicted octanol–water partition coefficient (Wildman–Crippen LogP) is 0.942. The number of nitrogens with zero attached hydrogens (tertiary/aromatic N) is 2. The number of anilines is 1. The van der Waals surface area contributed by atoms with Crippen LogP contribution >= 0.6 is 15.9 Å². The molecule has 2 rings (SSSR count). The van der Waals surface area contributed by atoms with Gasteiger partial charge in [-0.05, 0) is 28.1 Å². The van der Waals surface area contributed by atoms with E-state index < -0.39 is 6.10 Å². The van der Waals surface area contributed by atoms with Gasteiger partial charge in [0.15, 0.2) is 0 Å². The number of pyridine rings is 1. The number of carbonyl (C=O) groups excluding carboxylic acids is 1. The Hall–Kier alpha value is -0.940. The van der Waals surface area contributed by atoms with Gasteiger partial charge in [0.25, 0.3) is 0 Å². The van der Waals surface area contributed by atoms with Gasteiger partial charge in [-0.3, -0.25) is 4.79 Å². The van der Waals surface area contributed by atoms with Crippen LogP contribution in [0.2, 0.25) is 0 Å². The molecule has 1 aliphatic heterocycles. The van der Waals surface area contributed by atoms with Crippen LogP contribution in [0.3, 0.4) is 0 Å². The fourth-order valence-electron chi connectivity index (χ4n) is 1.50. The zero-order valence-corrected chi connectivity index (χ0v) is 8.94. The van der Waals surface area contributed by atoms with Crippen LogP contribution in [-0.2, 0) is 4.79 Å². The number of aromatic nitrogens is 1. The largest absolute Gasteiger partial charge is 0.391 e. The van der Waals surface area contributed by atoms with Crippen LogP contribution in [0.5, 0.6) is 0 Å². The Kier molecular flexibility index (Phi) is 2.52. The fraction of sp³-hybridized carbons (Fsp3) is 0.333. The van der Waals surface area contributed by atoms with Crippen LogP contribution in [0.25, 0.3) is 0 Å². The van der Waals surface area contributed by atoms with Gasteiger partial charge in [-0.1, -0.05) is 0 Å². The Morgan fingerprint density at radius 3 is 3.00 bits per heavy atom. The first-order chi connectivity index (χ1) is 6.68. The summed E-state index contributed by atoms with van der Waals surface area (Å²) in [5, 5.41) is 9.32. The molecule has 1 saturated heterocycles. The molecule has 74 valence electrons. The first kappa shape index (κ1) is 9.61. The third-order valence-corrected chi connectivity index (χ3v) is 2.75. The lowest BCUT2D eigenvalue weighted by molar-refractivity contribution is -0.117. The summed E-state index contributed by atoms with van der Waals surface area (Å²) in [5.74, 6) is -0.0637. The van der Waals surface area contributed by atoms with Gasteiger partial charge in [0, 0.05) is 6.20 Å². The number of amides is 1. The number of halogens is 1. The highest BCUT2D eigenvalue weighted by Gasteiger charge is 2.30. The van der Waals surface area contributed by atoms with E-state index in [1.807, 2.05) is 0 Å². The van der Waals surface area contributed by atoms with Gasteiger partial charge in [-0.2, -0.15) is 0 Å². The second kappa shape index (κ2) is 3.67. The van der Waals surface area contributed by atoms with Gasteiger partial charge < -0.3 is 10.0 Å². The molecule has 1 aliphatic rings. The van der Waals surface area contributed by atoms with Crippen molar-refractivity contribution in [1.82, 2.24) is 4.98 Å². The summed E-state index contributed by atoms with van der Waals surface area (Å²) in [6.07, 6.45) is 1.28. The lowest BCUT2D eigenvalue weighted by Gasteiger charge is -2.16. The minimum absolute atomic E-state index is 0.0637. The summed E-state index contributed by atoms with van der Waals surface area (Å²) in [7, 11) is 0. The number of carbonyl (C=O) groups is 1. The van der Waals surface area contributed by atoms with Crippen LogP contribution < -0.4 is 4.90 Å². The standard InChI is InChI=1S/C9H9BrN2O2/c10-9-7(2-1-3-11-9)12-5-6(13)4-8(12)14/h1-3,6,13H,4-5H2. The molecule has 4 nitrogen and oxygen atoms in total. The van der Waals surface area contributed by atoms with Gasteiger partial charge in [-0.15, -0.1) is 0 Å². The summed E-state index contributed by atoms with van der Waals surface area (Å²) in [6.45, 7) is 0.350. The maximum absolute atomic E-state index is 11.5. The van der Waals surface area contributed by atoms with Crippen LogP contribution in [0.4, 0.5) is 5.69 Å². The molecule has 0 aromatic carbocycles. The number of rotatable bonds is 1. The molecule has 1 fully saturated rings. The lowest BCUT2D eigenvalue weighted by Crippen LogP contribution is -2.25. The molecule has 1 amide bonds. The Labute approximate surface area is 89.7 Å². The molecule has 0 saturated carbocycles. The van der Waals surface area contributed by atoms with E-state index in [1.54, 1.807) is 23.2 Å². The van der Waals surface area contributed by atoms with Crippen LogP contribution in [0, 0.1) is 0 Å². The van der Waals surface area contributed by atoms with Crippen molar-refractivity contribution in [2.45, 2.75) is 12.5 Å². The number of β-amino-alcohol motifs (C(OH)–C–C–N with tert-alkyl or cyclic N) is 1. The minimum Gasteiger partial charge on any atom is -0.391 e. The highest BCUT2D eigenvalue weighted by molar-refractivity contribution is 9.10. The smallest absolute Gasteiger partial charge is 0.229 e. The van der Waals surface area contributed by atoms with Gasteiger partial charge >= 0.3 is 0 Å². The number of hydrogen-bond acceptors (Lipinski definition) is 3. The van der Waals surface area contributed by atoms with E-state index in [2.05, 4.69) is 20.9 Å². The monoisotopic (exact) mass is 256 g/mol. The van der Waals surface area contributed by atoms with E-state index in [0.29, 0.717) is 16.8 Å². The molecule has 0 spiro atoms. The van der Waals surface area contributed by atoms with E-state index in [9.17, 15) is 9.90 Å². The van der Waals surface area contributed by atoms with Gasteiger partial charge in [0.05, 0.1) is 24.8 Å². The second-order valence-corrected chi connectivity index (χ2v) is 3.93. The van der Waals surface area contributed by atoms with Crippen molar-refractivity contribution in [3.05, 3.63) is 22.9 Å². The summed E-state index contributed by atoms with van der Waals surface area (Å²) < 4.78 is 0.627. The highest BCUT2D eigenvalue weighted by atomic mass is 79.9. The van der Waals surface area contributed by atoms with Crippen LogP contribution in [-0.4, -0.2) is 28.6 Å². The van der Waals surface area contributed by atoms with Crippen LogP contribution in [0.1, 0.15) is 6.42 Å². The van der Waals surface area contributed by atoms with E-state index in [0.717, 1.165) is 0 Å². The first-order valence-corrected chi connectivity index (χ1v) is 5.06. The molecule has 14 heavy (non-hydrogen) atoms. The normalized spacial score (nSPS) is 21.7. The average molecular weight is 257 g/mol. The van der Waals surface area contributed by atoms with Crippen molar-refractivity contribution >= 4 is 27.5 Å². The second-order valence-electron chi connectivity index (χ2n) is 3.18. The van der Waals surface area contributed by atoms with Crippen molar-refractivity contribution in [2.24, 2.45) is 0 Å². The van der Waals surface area contributed by atoms with E-state index in [4.69, 9.17) is 0 Å². The average Bonchev–Trinajstić information content (AvgIpc) is 2.46. The Morgan fingerprint density at radius 2 is 2.43 bits per heavy atom. The molecular weight excluding hydrogens is 248 g/mol. The molecule has 1 unspecified atom stereocenters. The molecule has 1 N–H and O–H groups in total. The lowest BCUT2D eigenvalue weighted by atomic mass is 10.3. The summed E-state index contributed by atoms with van der Waals surface area (Å²) >= 11 is 3.27. The van der Waals surface area contributed by atoms with E-state index in [1.165, 1.54) is 0 Å². The zero-order valence-electron chi connectivity index (χ0n) is 7.35. The molecule has 0 radical (unpaired) electrons. The SMILES string of the molecule is O=C1CC(O)CN1c1cccnc1Br. The molecule has 0 aliphatic carbocycles. The van der Waals surface area contributed by atoms with Crippen molar-refractivity contribution in [3.63, 3.8) is 0 Å². The van der Waals surface area contributed by atoms with Gasteiger partial charge in [0.2, 0.25) is 5.91 Å². The number of hydrogen-bond donors (Lipinski definition) is 1. The van der Waals surface area contributed by atoms with Crippen molar-refractivity contribution in [1.29, 1.82) is 0 Å². The Balaban J connectivity index is 2.32. The number of aliphatic hydroxyl groups excluding tert-OH is 1. The molecule has 0 bridgehead atoms. The van der Waals surface area contributed by atoms with Gasteiger partial charge in [0.1, 0.15) is 4.60 Å². The molecular formula is C9H9BrN2O2. The third-order valence-electron chi connectivity index (χ3n) is 2.13. The Morgan fingerprint density at radius 1 is 1.64 bits per heavy atom. The molecule has 2 heterocycles. The minimum atomic E-state index is -0.561. The quantitative estimate of drug-likeness (QED) is 0.762. The number of aliphatic hydroxyl groups is 1. The topological polar surface area (TPSA) is 53.4 Å². The van der Waals surface area contributed by atoms with Crippen molar-refractivity contribution in [2.75, 3.05) is 11.4 Å². The van der Waals surface area contributed by atoms with Crippen molar-refractivity contribution < 1.29 is 9.90 Å². The Bertz CT molecular complexity index is 370. The van der Waals surface area contributed by atoms with Gasteiger partial charge in [-0.25, -0.2) is 4.98 Å². The molecule has 1 aromatic heterocycles. The molecule has 1 aromatic rings. The third kappa shape index (κ3) is 1.65. The maximum atomic E-state index is 11.5. The zero-order chi connectivity index (χ0) is 10.1. The first-order valence-electron chi connectivity index (χ1n) is 4.27. The van der Waals surface area contributed by atoms with E-state index >= 15 is 0 Å². The predicted molar refractivity (Wildman–Crippen MR) is 54.9 cm³/mol. The summed E-state index contributed by atoms with van der Waals surface area (Å²) in [5.41, 5.74) is 0.717. The highest BCUT2D eigenvalue weighted by Crippen LogP contribution is 2.27. The summed E-state index contributed by atoms with van der Waals surface area (Å²) in [4.78, 5) is 17.0. The van der Waals surface area contributed by atoms with E-state index in [-0.39, 0.29) is 12.3 Å². The fourth-order valence-corrected chi connectivity index (χ4v) is 1.96. The molecule has 5 heteroatoms.